The highest BCUT2D eigenvalue weighted by Crippen LogP contribution is 2.17. The third-order valence-electron chi connectivity index (χ3n) is 2.84. The molecule has 0 saturated carbocycles. The number of hydrogen-bond acceptors (Lipinski definition) is 4. The first kappa shape index (κ1) is 11.6. The van der Waals surface area contributed by atoms with Crippen molar-refractivity contribution in [1.29, 1.82) is 0 Å². The fourth-order valence-electron chi connectivity index (χ4n) is 1.84. The van der Waals surface area contributed by atoms with Gasteiger partial charge in [-0.15, -0.1) is 0 Å². The summed E-state index contributed by atoms with van der Waals surface area (Å²) in [6, 6.07) is 6.75. The maximum absolute atomic E-state index is 12.8. The van der Waals surface area contributed by atoms with Crippen molar-refractivity contribution in [3.05, 3.63) is 48.3 Å². The zero-order chi connectivity index (χ0) is 13.2. The van der Waals surface area contributed by atoms with Gasteiger partial charge in [0.1, 0.15) is 11.6 Å². The van der Waals surface area contributed by atoms with Gasteiger partial charge in [0.2, 0.25) is 0 Å². The predicted octanol–water partition coefficient (Wildman–Crippen LogP) is 2.67. The van der Waals surface area contributed by atoms with Crippen molar-refractivity contribution in [3.63, 3.8) is 0 Å². The van der Waals surface area contributed by atoms with Crippen LogP contribution in [-0.4, -0.2) is 19.9 Å². The molecule has 19 heavy (non-hydrogen) atoms. The summed E-state index contributed by atoms with van der Waals surface area (Å²) in [5.41, 5.74) is 2.30. The van der Waals surface area contributed by atoms with E-state index in [0.717, 1.165) is 11.2 Å². The summed E-state index contributed by atoms with van der Waals surface area (Å²) in [5, 5.41) is 3.21. The molecule has 0 saturated heterocycles. The monoisotopic (exact) mass is 257 g/mol. The molecule has 6 heteroatoms. The summed E-state index contributed by atoms with van der Waals surface area (Å²) < 4.78 is 12.8. The van der Waals surface area contributed by atoms with Gasteiger partial charge in [-0.05, 0) is 31.2 Å². The Bertz CT molecular complexity index is 692. The van der Waals surface area contributed by atoms with Crippen LogP contribution in [0, 0.1) is 5.82 Å². The maximum atomic E-state index is 12.8. The van der Waals surface area contributed by atoms with Gasteiger partial charge in [-0.3, -0.25) is 4.98 Å². The second kappa shape index (κ2) is 4.64. The molecule has 3 aromatic rings. The van der Waals surface area contributed by atoms with Crippen molar-refractivity contribution < 1.29 is 4.39 Å². The molecule has 1 unspecified atom stereocenters. The highest BCUT2D eigenvalue weighted by molar-refractivity contribution is 5.72. The van der Waals surface area contributed by atoms with E-state index in [1.165, 1.54) is 12.3 Å². The Labute approximate surface area is 108 Å². The second-order valence-electron chi connectivity index (χ2n) is 4.24. The zero-order valence-electron chi connectivity index (χ0n) is 10.3. The highest BCUT2D eigenvalue weighted by Gasteiger charge is 2.08. The standard InChI is InChI=1S/C13H12FN5/c1-8(10-3-2-9(14)6-15-10)18-12-5-4-11-13(19-12)17-7-16-11/h2-8H,1H3,(H2,16,17,18,19). The minimum absolute atomic E-state index is 0.0653. The van der Waals surface area contributed by atoms with Crippen molar-refractivity contribution in [2.24, 2.45) is 0 Å². The Balaban J connectivity index is 1.81. The van der Waals surface area contributed by atoms with Gasteiger partial charge in [-0.1, -0.05) is 0 Å². The Morgan fingerprint density at radius 1 is 1.21 bits per heavy atom. The largest absolute Gasteiger partial charge is 0.362 e. The number of halogens is 1. The molecule has 0 aliphatic carbocycles. The molecule has 2 N–H and O–H groups in total. The lowest BCUT2D eigenvalue weighted by Crippen LogP contribution is -2.09. The first-order chi connectivity index (χ1) is 9.22. The van der Waals surface area contributed by atoms with Gasteiger partial charge in [-0.25, -0.2) is 14.4 Å². The molecule has 96 valence electrons. The summed E-state index contributed by atoms with van der Waals surface area (Å²) in [4.78, 5) is 15.5. The molecule has 0 spiro atoms. The van der Waals surface area contributed by atoms with E-state index in [4.69, 9.17) is 0 Å². The lowest BCUT2D eigenvalue weighted by Gasteiger charge is -2.13. The minimum Gasteiger partial charge on any atom is -0.362 e. The lowest BCUT2D eigenvalue weighted by molar-refractivity contribution is 0.617. The van der Waals surface area contributed by atoms with Crippen molar-refractivity contribution in [2.45, 2.75) is 13.0 Å². The van der Waals surface area contributed by atoms with E-state index in [9.17, 15) is 4.39 Å². The molecule has 3 aromatic heterocycles. The molecule has 3 heterocycles. The quantitative estimate of drug-likeness (QED) is 0.757. The van der Waals surface area contributed by atoms with Crippen LogP contribution in [0.25, 0.3) is 11.2 Å². The molecular formula is C13H12FN5. The molecule has 0 aliphatic rings. The van der Waals surface area contributed by atoms with Crippen LogP contribution in [0.5, 0.6) is 0 Å². The molecule has 0 radical (unpaired) electrons. The van der Waals surface area contributed by atoms with E-state index < -0.39 is 0 Å². The summed E-state index contributed by atoms with van der Waals surface area (Å²) in [5.74, 6) is 0.366. The highest BCUT2D eigenvalue weighted by atomic mass is 19.1. The van der Waals surface area contributed by atoms with E-state index in [1.807, 2.05) is 19.1 Å². The third kappa shape index (κ3) is 2.37. The smallest absolute Gasteiger partial charge is 0.179 e. The van der Waals surface area contributed by atoms with Crippen LogP contribution in [0.15, 0.2) is 36.8 Å². The van der Waals surface area contributed by atoms with Crippen LogP contribution >= 0.6 is 0 Å². The van der Waals surface area contributed by atoms with E-state index in [0.29, 0.717) is 11.5 Å². The molecular weight excluding hydrogens is 245 g/mol. The summed E-state index contributed by atoms with van der Waals surface area (Å²) in [7, 11) is 0. The number of rotatable bonds is 3. The van der Waals surface area contributed by atoms with Gasteiger partial charge in [0.25, 0.3) is 0 Å². The number of nitrogens with zero attached hydrogens (tertiary/aromatic N) is 3. The third-order valence-corrected chi connectivity index (χ3v) is 2.84. The van der Waals surface area contributed by atoms with Crippen LogP contribution in [-0.2, 0) is 0 Å². The number of hydrogen-bond donors (Lipinski definition) is 2. The van der Waals surface area contributed by atoms with E-state index in [-0.39, 0.29) is 11.9 Å². The Morgan fingerprint density at radius 3 is 2.89 bits per heavy atom. The van der Waals surface area contributed by atoms with Gasteiger partial charge in [0, 0.05) is 0 Å². The van der Waals surface area contributed by atoms with Crippen LogP contribution in [0.2, 0.25) is 0 Å². The predicted molar refractivity (Wildman–Crippen MR) is 70.1 cm³/mol. The number of pyridine rings is 2. The van der Waals surface area contributed by atoms with Crippen molar-refractivity contribution in [2.75, 3.05) is 5.32 Å². The fourth-order valence-corrected chi connectivity index (χ4v) is 1.84. The fraction of sp³-hybridized carbons (Fsp3) is 0.154. The van der Waals surface area contributed by atoms with E-state index >= 15 is 0 Å². The van der Waals surface area contributed by atoms with Gasteiger partial charge >= 0.3 is 0 Å². The summed E-state index contributed by atoms with van der Waals surface area (Å²) in [6.07, 6.45) is 2.81. The van der Waals surface area contributed by atoms with Crippen molar-refractivity contribution in [1.82, 2.24) is 19.9 Å². The van der Waals surface area contributed by atoms with Crippen LogP contribution < -0.4 is 5.32 Å². The lowest BCUT2D eigenvalue weighted by atomic mass is 10.2. The van der Waals surface area contributed by atoms with Crippen LogP contribution in [0.1, 0.15) is 18.7 Å². The maximum Gasteiger partial charge on any atom is 0.179 e. The number of aromatic amines is 1. The van der Waals surface area contributed by atoms with Crippen molar-refractivity contribution in [3.8, 4) is 0 Å². The van der Waals surface area contributed by atoms with Crippen LogP contribution in [0.4, 0.5) is 10.2 Å². The van der Waals surface area contributed by atoms with E-state index in [1.54, 1.807) is 12.4 Å². The van der Waals surface area contributed by atoms with Crippen LogP contribution in [0.3, 0.4) is 0 Å². The summed E-state index contributed by atoms with van der Waals surface area (Å²) >= 11 is 0. The van der Waals surface area contributed by atoms with Gasteiger partial charge < -0.3 is 10.3 Å². The minimum atomic E-state index is -0.341. The molecule has 0 amide bonds. The van der Waals surface area contributed by atoms with Gasteiger partial charge in [-0.2, -0.15) is 0 Å². The number of nitrogens with one attached hydrogen (secondary N) is 2. The molecule has 1 atom stereocenters. The number of aromatic nitrogens is 4. The second-order valence-corrected chi connectivity index (χ2v) is 4.24. The molecule has 0 aliphatic heterocycles. The van der Waals surface area contributed by atoms with Gasteiger partial charge in [0.05, 0.1) is 29.8 Å². The molecule has 0 aromatic carbocycles. The average molecular weight is 257 g/mol. The first-order valence-electron chi connectivity index (χ1n) is 5.90. The Kier molecular flexibility index (Phi) is 2.83. The number of imidazole rings is 1. The number of H-pyrrole nitrogens is 1. The number of anilines is 1. The molecule has 5 nitrogen and oxygen atoms in total. The zero-order valence-corrected chi connectivity index (χ0v) is 10.3. The number of fused-ring (bicyclic) bond motifs is 1. The van der Waals surface area contributed by atoms with E-state index in [2.05, 4.69) is 25.3 Å². The summed E-state index contributed by atoms with van der Waals surface area (Å²) in [6.45, 7) is 1.94. The average Bonchev–Trinajstić information content (AvgIpc) is 2.87. The molecule has 3 rings (SSSR count). The van der Waals surface area contributed by atoms with Crippen molar-refractivity contribution >= 4 is 17.0 Å². The Morgan fingerprint density at radius 2 is 2.11 bits per heavy atom. The molecule has 0 bridgehead atoms. The topological polar surface area (TPSA) is 66.5 Å². The van der Waals surface area contributed by atoms with Gasteiger partial charge in [0.15, 0.2) is 5.65 Å². The first-order valence-corrected chi connectivity index (χ1v) is 5.90. The molecule has 0 fully saturated rings. The SMILES string of the molecule is CC(Nc1ccc2[nH]cnc2n1)c1ccc(F)cn1. The Hall–Kier alpha value is -2.50. The normalized spacial score (nSPS) is 12.5.